The Labute approximate surface area is 83.4 Å². The Kier molecular flexibility index (Phi) is 7.56. The topological polar surface area (TPSA) is 20.3 Å². The first-order chi connectivity index (χ1) is 5.72. The number of unbranched alkanes of at least 4 members (excludes halogenated alkanes) is 2. The van der Waals surface area contributed by atoms with Gasteiger partial charge in [0.2, 0.25) is 0 Å². The van der Waals surface area contributed by atoms with Crippen molar-refractivity contribution in [3.63, 3.8) is 0 Å². The number of carbonyl (C=O) groups excluding carboxylic acids is 1. The second kappa shape index (κ2) is 7.59. The molecule has 0 radical (unpaired) electrons. The molecule has 3 heteroatoms. The van der Waals surface area contributed by atoms with Gasteiger partial charge in [-0.15, -0.1) is 0 Å². The molecule has 0 aliphatic heterocycles. The van der Waals surface area contributed by atoms with Crippen LogP contribution in [0, 0.1) is 0 Å². The van der Waals surface area contributed by atoms with Crippen molar-refractivity contribution in [3.8, 4) is 0 Å². The first-order valence-electron chi connectivity index (χ1n) is 4.66. The first kappa shape index (κ1) is 11.9. The number of amides is 1. The van der Waals surface area contributed by atoms with E-state index in [0.29, 0.717) is 0 Å². The molecule has 0 unspecified atom stereocenters. The normalized spacial score (nSPS) is 9.92. The second-order valence-corrected chi connectivity index (χ2v) is 3.63. The zero-order valence-electron chi connectivity index (χ0n) is 7.98. The molecule has 0 saturated carbocycles. The van der Waals surface area contributed by atoms with Gasteiger partial charge in [0, 0.05) is 29.0 Å². The highest BCUT2D eigenvalue weighted by Gasteiger charge is 2.07. The molecule has 0 heterocycles. The molecule has 72 valence electrons. The van der Waals surface area contributed by atoms with E-state index in [4.69, 9.17) is 0 Å². The molecule has 12 heavy (non-hydrogen) atoms. The molecule has 0 spiro atoms. The average Bonchev–Trinajstić information content (AvgIpc) is 2.04. The molecule has 0 atom stereocenters. The summed E-state index contributed by atoms with van der Waals surface area (Å²) in [5.41, 5.74) is 0. The van der Waals surface area contributed by atoms with Crippen LogP contribution in [-0.2, 0) is 0 Å². The van der Waals surface area contributed by atoms with E-state index < -0.39 is 0 Å². The zero-order valence-corrected chi connectivity index (χ0v) is 9.56. The lowest BCUT2D eigenvalue weighted by Crippen LogP contribution is -2.27. The van der Waals surface area contributed by atoms with Gasteiger partial charge in [0.15, 0.2) is 0 Å². The van der Waals surface area contributed by atoms with Crippen LogP contribution < -0.4 is 0 Å². The predicted molar refractivity (Wildman–Crippen MR) is 55.7 cm³/mol. The Hall–Kier alpha value is -0.0500. The zero-order chi connectivity index (χ0) is 9.40. The van der Waals surface area contributed by atoms with Gasteiger partial charge in [0.05, 0.1) is 0 Å². The predicted octanol–water partition coefficient (Wildman–Crippen LogP) is 3.40. The van der Waals surface area contributed by atoms with E-state index in [-0.39, 0.29) is 4.82 Å². The van der Waals surface area contributed by atoms with E-state index in [0.717, 1.165) is 38.8 Å². The van der Waals surface area contributed by atoms with Crippen LogP contribution in [0.2, 0.25) is 0 Å². The van der Waals surface area contributed by atoms with E-state index >= 15 is 0 Å². The molecular weight excluding hydrogens is 218 g/mol. The first-order valence-corrected chi connectivity index (χ1v) is 5.46. The maximum Gasteiger partial charge on any atom is 0.289 e. The average molecular weight is 236 g/mol. The summed E-state index contributed by atoms with van der Waals surface area (Å²) < 4.78 is 0. The largest absolute Gasteiger partial charge is 0.333 e. The Morgan fingerprint density at radius 1 is 1.17 bits per heavy atom. The van der Waals surface area contributed by atoms with Crippen molar-refractivity contribution in [2.45, 2.75) is 39.5 Å². The number of carbonyl (C=O) groups is 1. The maximum absolute atomic E-state index is 11.0. The third kappa shape index (κ3) is 5.58. The molecular formula is C9H18BrNO. The van der Waals surface area contributed by atoms with E-state index in [1.54, 1.807) is 0 Å². The van der Waals surface area contributed by atoms with E-state index in [2.05, 4.69) is 29.8 Å². The fourth-order valence-corrected chi connectivity index (χ4v) is 1.34. The van der Waals surface area contributed by atoms with Crippen molar-refractivity contribution in [2.75, 3.05) is 13.1 Å². The lowest BCUT2D eigenvalue weighted by atomic mass is 10.3. The summed E-state index contributed by atoms with van der Waals surface area (Å²) in [5.74, 6) is 0. The molecule has 2 nitrogen and oxygen atoms in total. The molecule has 0 aromatic carbocycles. The van der Waals surface area contributed by atoms with Crippen molar-refractivity contribution in [1.82, 2.24) is 4.90 Å². The Balaban J connectivity index is 3.62. The van der Waals surface area contributed by atoms with Gasteiger partial charge in [-0.3, -0.25) is 4.79 Å². The number of nitrogens with zero attached hydrogens (tertiary/aromatic N) is 1. The molecule has 0 N–H and O–H groups in total. The summed E-state index contributed by atoms with van der Waals surface area (Å²) in [4.78, 5) is 12.9. The monoisotopic (exact) mass is 235 g/mol. The lowest BCUT2D eigenvalue weighted by Gasteiger charge is -2.18. The highest BCUT2D eigenvalue weighted by atomic mass is 79.9. The van der Waals surface area contributed by atoms with Crippen LogP contribution in [0.1, 0.15) is 39.5 Å². The Morgan fingerprint density at radius 2 is 1.58 bits per heavy atom. The van der Waals surface area contributed by atoms with E-state index in [9.17, 15) is 4.79 Å². The van der Waals surface area contributed by atoms with Gasteiger partial charge >= 0.3 is 0 Å². The summed E-state index contributed by atoms with van der Waals surface area (Å²) >= 11 is 2.99. The van der Waals surface area contributed by atoms with E-state index in [1.165, 1.54) is 0 Å². The standard InChI is InChI=1S/C9H18BrNO/c1-3-5-7-11(9(10)12)8-6-4-2/h3-8H2,1-2H3. The van der Waals surface area contributed by atoms with Crippen molar-refractivity contribution in [1.29, 1.82) is 0 Å². The molecule has 0 aliphatic carbocycles. The van der Waals surface area contributed by atoms with Crippen LogP contribution in [0.4, 0.5) is 4.79 Å². The number of hydrogen-bond donors (Lipinski definition) is 0. The van der Waals surface area contributed by atoms with Gasteiger partial charge in [-0.2, -0.15) is 0 Å². The number of halogens is 1. The molecule has 0 aromatic heterocycles. The second-order valence-electron chi connectivity index (χ2n) is 2.95. The molecule has 0 fully saturated rings. The summed E-state index contributed by atoms with van der Waals surface area (Å²) in [5, 5.41) is 0. The van der Waals surface area contributed by atoms with Crippen molar-refractivity contribution in [2.24, 2.45) is 0 Å². The fourth-order valence-electron chi connectivity index (χ4n) is 0.986. The van der Waals surface area contributed by atoms with Gasteiger partial charge in [-0.05, 0) is 12.8 Å². The fraction of sp³-hybridized carbons (Fsp3) is 0.889. The molecule has 0 rings (SSSR count). The Morgan fingerprint density at radius 3 is 1.83 bits per heavy atom. The SMILES string of the molecule is CCCCN(CCCC)C(=O)Br. The van der Waals surface area contributed by atoms with Crippen LogP contribution in [0.15, 0.2) is 0 Å². The van der Waals surface area contributed by atoms with Crippen molar-refractivity contribution >= 4 is 20.7 Å². The van der Waals surface area contributed by atoms with Crippen LogP contribution in [0.5, 0.6) is 0 Å². The summed E-state index contributed by atoms with van der Waals surface area (Å²) in [6, 6.07) is 0. The summed E-state index contributed by atoms with van der Waals surface area (Å²) in [6.45, 7) is 6.05. The van der Waals surface area contributed by atoms with Gasteiger partial charge in [0.25, 0.3) is 4.82 Å². The third-order valence-electron chi connectivity index (χ3n) is 1.81. The minimum Gasteiger partial charge on any atom is -0.333 e. The molecule has 0 bridgehead atoms. The van der Waals surface area contributed by atoms with Crippen LogP contribution >= 0.6 is 15.9 Å². The maximum atomic E-state index is 11.0. The molecule has 0 saturated heterocycles. The van der Waals surface area contributed by atoms with Crippen LogP contribution in [-0.4, -0.2) is 22.8 Å². The third-order valence-corrected chi connectivity index (χ3v) is 2.31. The van der Waals surface area contributed by atoms with Gasteiger partial charge in [-0.1, -0.05) is 26.7 Å². The van der Waals surface area contributed by atoms with Gasteiger partial charge < -0.3 is 4.90 Å². The van der Waals surface area contributed by atoms with Crippen molar-refractivity contribution < 1.29 is 4.79 Å². The molecule has 0 aromatic rings. The van der Waals surface area contributed by atoms with Crippen LogP contribution in [0.3, 0.4) is 0 Å². The highest BCUT2D eigenvalue weighted by molar-refractivity contribution is 9.18. The van der Waals surface area contributed by atoms with Crippen LogP contribution in [0.25, 0.3) is 0 Å². The van der Waals surface area contributed by atoms with E-state index in [1.807, 2.05) is 4.90 Å². The summed E-state index contributed by atoms with van der Waals surface area (Å²) in [6.07, 6.45) is 4.48. The van der Waals surface area contributed by atoms with Crippen molar-refractivity contribution in [3.05, 3.63) is 0 Å². The lowest BCUT2D eigenvalue weighted by molar-refractivity contribution is 0.222. The quantitative estimate of drug-likeness (QED) is 0.511. The van der Waals surface area contributed by atoms with Gasteiger partial charge in [0.1, 0.15) is 0 Å². The number of hydrogen-bond acceptors (Lipinski definition) is 1. The highest BCUT2D eigenvalue weighted by Crippen LogP contribution is 2.04. The molecule has 1 amide bonds. The smallest absolute Gasteiger partial charge is 0.289 e. The molecule has 0 aliphatic rings. The summed E-state index contributed by atoms with van der Waals surface area (Å²) in [7, 11) is 0. The number of rotatable bonds is 6. The minimum absolute atomic E-state index is 0.0319. The Bertz CT molecular complexity index is 120. The van der Waals surface area contributed by atoms with Gasteiger partial charge in [-0.25, -0.2) is 0 Å². The minimum atomic E-state index is 0.0319.